The fourth-order valence-corrected chi connectivity index (χ4v) is 4.07. The molecule has 0 spiro atoms. The van der Waals surface area contributed by atoms with Gasteiger partial charge in [-0.15, -0.1) is 11.8 Å². The third kappa shape index (κ3) is 6.02. The van der Waals surface area contributed by atoms with E-state index in [-0.39, 0.29) is 24.3 Å². The van der Waals surface area contributed by atoms with Gasteiger partial charge in [0.2, 0.25) is 5.91 Å². The number of hydrogen-bond acceptors (Lipinski definition) is 5. The third-order valence-corrected chi connectivity index (χ3v) is 5.98. The van der Waals surface area contributed by atoms with Crippen LogP contribution in [0.25, 0.3) is 0 Å². The molecule has 1 aliphatic rings. The smallest absolute Gasteiger partial charge is 0.311 e. The van der Waals surface area contributed by atoms with E-state index in [1.165, 1.54) is 16.8 Å². The number of hydrogen-bond donors (Lipinski definition) is 3. The Kier molecular flexibility index (Phi) is 7.24. The highest BCUT2D eigenvalue weighted by atomic mass is 32.2. The molecule has 0 saturated carbocycles. The van der Waals surface area contributed by atoms with E-state index in [4.69, 9.17) is 0 Å². The summed E-state index contributed by atoms with van der Waals surface area (Å²) in [5, 5.41) is 13.4. The number of para-hydroxylation sites is 2. The average Bonchev–Trinajstić information content (AvgIpc) is 3.21. The molecule has 8 nitrogen and oxygen atoms in total. The first-order chi connectivity index (χ1) is 16.5. The zero-order valence-corrected chi connectivity index (χ0v) is 19.2. The Hall–Kier alpha value is -4.11. The fraction of sp³-hybridized carbons (Fsp3) is 0.120. The van der Waals surface area contributed by atoms with Crippen LogP contribution in [-0.4, -0.2) is 28.9 Å². The number of nitrogens with zero attached hydrogens (tertiary/aromatic N) is 2. The minimum absolute atomic E-state index is 0.0451. The van der Waals surface area contributed by atoms with Gasteiger partial charge in [0.25, 0.3) is 5.91 Å². The molecule has 1 aliphatic heterocycles. The first-order valence-electron chi connectivity index (χ1n) is 10.6. The maximum absolute atomic E-state index is 12.6. The Morgan fingerprint density at radius 1 is 0.853 bits per heavy atom. The Labute approximate surface area is 201 Å². The molecule has 4 amide bonds. The number of thioether (sulfide) groups is 1. The zero-order chi connectivity index (χ0) is 23.9. The van der Waals surface area contributed by atoms with E-state index in [2.05, 4.69) is 21.1 Å². The normalized spacial score (nSPS) is 13.7. The van der Waals surface area contributed by atoms with Crippen molar-refractivity contribution in [3.63, 3.8) is 0 Å². The molecule has 3 aromatic carbocycles. The van der Waals surface area contributed by atoms with Gasteiger partial charge in [0, 0.05) is 16.3 Å². The van der Waals surface area contributed by atoms with E-state index in [1.54, 1.807) is 43.3 Å². The highest BCUT2D eigenvalue weighted by Crippen LogP contribution is 2.25. The molecule has 3 aromatic rings. The predicted molar refractivity (Wildman–Crippen MR) is 135 cm³/mol. The number of carbonyl (C=O) groups is 3. The first-order valence-corrected chi connectivity index (χ1v) is 11.5. The summed E-state index contributed by atoms with van der Waals surface area (Å²) in [6.07, 6.45) is 0.0451. The van der Waals surface area contributed by atoms with E-state index < -0.39 is 5.25 Å². The second kappa shape index (κ2) is 10.7. The highest BCUT2D eigenvalue weighted by Gasteiger charge is 2.27. The molecule has 0 aliphatic carbocycles. The number of benzene rings is 3. The van der Waals surface area contributed by atoms with Gasteiger partial charge in [-0.3, -0.25) is 9.59 Å². The summed E-state index contributed by atoms with van der Waals surface area (Å²) in [4.78, 5) is 37.9. The lowest BCUT2D eigenvalue weighted by Crippen LogP contribution is -2.35. The summed E-state index contributed by atoms with van der Waals surface area (Å²) in [6.45, 7) is 1.78. The molecule has 9 heteroatoms. The summed E-state index contributed by atoms with van der Waals surface area (Å²) in [6, 6.07) is 25.1. The molecule has 0 aromatic heterocycles. The molecule has 3 N–H and O–H groups in total. The van der Waals surface area contributed by atoms with Crippen molar-refractivity contribution >= 4 is 52.5 Å². The van der Waals surface area contributed by atoms with Crippen LogP contribution in [0.1, 0.15) is 13.3 Å². The van der Waals surface area contributed by atoms with Crippen molar-refractivity contribution in [3.05, 3.63) is 84.9 Å². The maximum Gasteiger partial charge on any atom is 0.323 e. The van der Waals surface area contributed by atoms with Gasteiger partial charge < -0.3 is 16.0 Å². The molecule has 34 heavy (non-hydrogen) atoms. The number of nitrogens with one attached hydrogen (secondary N) is 3. The lowest BCUT2D eigenvalue weighted by atomic mass is 10.3. The standard InChI is InChI=1S/C25H23N5O3S/c1-17(24(32)28-22-16-23(31)30(29-22)20-10-6-3-7-11-20)34-21-14-12-19(13-15-21)27-25(33)26-18-8-4-2-5-9-18/h2-15,17H,16H2,1H3,(H2,26,27,33)(H,28,29,32). The number of rotatable bonds is 6. The van der Waals surface area contributed by atoms with E-state index >= 15 is 0 Å². The molecule has 0 radical (unpaired) electrons. The van der Waals surface area contributed by atoms with E-state index in [0.717, 1.165) is 4.90 Å². The molecule has 0 fully saturated rings. The van der Waals surface area contributed by atoms with Crippen molar-refractivity contribution in [3.8, 4) is 0 Å². The number of carbonyl (C=O) groups excluding carboxylic acids is 3. The largest absolute Gasteiger partial charge is 0.323 e. The van der Waals surface area contributed by atoms with Gasteiger partial charge in [0.15, 0.2) is 0 Å². The minimum atomic E-state index is -0.413. The van der Waals surface area contributed by atoms with Crippen LogP contribution in [0.5, 0.6) is 0 Å². The van der Waals surface area contributed by atoms with Crippen LogP contribution >= 0.6 is 11.8 Å². The summed E-state index contributed by atoms with van der Waals surface area (Å²) in [5.41, 5.74) is 1.99. The minimum Gasteiger partial charge on any atom is -0.311 e. The van der Waals surface area contributed by atoms with E-state index in [9.17, 15) is 14.4 Å². The van der Waals surface area contributed by atoms with Crippen LogP contribution in [0.15, 0.2) is 94.9 Å². The Morgan fingerprint density at radius 3 is 2.09 bits per heavy atom. The molecule has 1 atom stereocenters. The highest BCUT2D eigenvalue weighted by molar-refractivity contribution is 8.00. The fourth-order valence-electron chi connectivity index (χ4n) is 3.20. The van der Waals surface area contributed by atoms with Crippen molar-refractivity contribution in [1.82, 2.24) is 5.32 Å². The van der Waals surface area contributed by atoms with Gasteiger partial charge in [-0.05, 0) is 55.5 Å². The predicted octanol–water partition coefficient (Wildman–Crippen LogP) is 4.68. The van der Waals surface area contributed by atoms with Gasteiger partial charge in [0.1, 0.15) is 5.84 Å². The van der Waals surface area contributed by atoms with Gasteiger partial charge in [-0.1, -0.05) is 36.4 Å². The molecular weight excluding hydrogens is 450 g/mol. The van der Waals surface area contributed by atoms with Crippen molar-refractivity contribution in [2.75, 3.05) is 15.6 Å². The monoisotopic (exact) mass is 473 g/mol. The molecule has 4 rings (SSSR count). The van der Waals surface area contributed by atoms with Crippen molar-refractivity contribution < 1.29 is 14.4 Å². The number of amides is 4. The third-order valence-electron chi connectivity index (χ3n) is 4.87. The lowest BCUT2D eigenvalue weighted by Gasteiger charge is -2.12. The Morgan fingerprint density at radius 2 is 1.44 bits per heavy atom. The van der Waals surface area contributed by atoms with Crippen molar-refractivity contribution in [2.24, 2.45) is 5.10 Å². The first kappa shape index (κ1) is 23.1. The number of hydrazone groups is 1. The lowest BCUT2D eigenvalue weighted by molar-refractivity contribution is -0.118. The molecule has 0 bridgehead atoms. The van der Waals surface area contributed by atoms with Crippen LogP contribution in [-0.2, 0) is 9.59 Å². The van der Waals surface area contributed by atoms with Gasteiger partial charge in [-0.25, -0.2) is 4.79 Å². The Bertz CT molecular complexity index is 1200. The molecular formula is C25H23N5O3S. The average molecular weight is 474 g/mol. The molecule has 0 saturated heterocycles. The van der Waals surface area contributed by atoms with Crippen LogP contribution in [0.4, 0.5) is 21.9 Å². The second-order valence-corrected chi connectivity index (χ2v) is 8.90. The van der Waals surface area contributed by atoms with Gasteiger partial charge in [0.05, 0.1) is 17.4 Å². The van der Waals surface area contributed by atoms with Gasteiger partial charge in [-0.2, -0.15) is 10.1 Å². The summed E-state index contributed by atoms with van der Waals surface area (Å²) < 4.78 is 0. The topological polar surface area (TPSA) is 103 Å². The van der Waals surface area contributed by atoms with E-state index in [0.29, 0.717) is 22.9 Å². The summed E-state index contributed by atoms with van der Waals surface area (Å²) >= 11 is 1.37. The van der Waals surface area contributed by atoms with Crippen molar-refractivity contribution in [2.45, 2.75) is 23.5 Å². The maximum atomic E-state index is 12.6. The van der Waals surface area contributed by atoms with Gasteiger partial charge >= 0.3 is 6.03 Å². The van der Waals surface area contributed by atoms with Crippen LogP contribution in [0, 0.1) is 0 Å². The Balaban J connectivity index is 1.28. The van der Waals surface area contributed by atoms with E-state index in [1.807, 2.05) is 48.5 Å². The van der Waals surface area contributed by atoms with Crippen LogP contribution in [0.2, 0.25) is 0 Å². The van der Waals surface area contributed by atoms with Crippen molar-refractivity contribution in [1.29, 1.82) is 0 Å². The number of amidine groups is 1. The molecule has 1 heterocycles. The SMILES string of the molecule is CC(Sc1ccc(NC(=O)Nc2ccccc2)cc1)C(=O)NC1=NN(c2ccccc2)C(=O)C1. The summed E-state index contributed by atoms with van der Waals surface area (Å²) in [5.74, 6) is -0.104. The number of anilines is 3. The summed E-state index contributed by atoms with van der Waals surface area (Å²) in [7, 11) is 0. The molecule has 1 unspecified atom stereocenters. The second-order valence-electron chi connectivity index (χ2n) is 7.48. The number of urea groups is 1. The van der Waals surface area contributed by atoms with Crippen LogP contribution in [0.3, 0.4) is 0 Å². The zero-order valence-electron chi connectivity index (χ0n) is 18.4. The molecule has 172 valence electrons. The quantitative estimate of drug-likeness (QED) is 0.453. The van der Waals surface area contributed by atoms with Crippen LogP contribution < -0.4 is 21.0 Å².